The lowest BCUT2D eigenvalue weighted by molar-refractivity contribution is 0.0694. The van der Waals surface area contributed by atoms with E-state index >= 15 is 0 Å². The van der Waals surface area contributed by atoms with Gasteiger partial charge in [-0.15, -0.1) is 0 Å². The second kappa shape index (κ2) is 5.14. The molecule has 0 spiro atoms. The number of benzene rings is 2. The number of carboxylic acid groups (broad SMARTS) is 1. The summed E-state index contributed by atoms with van der Waals surface area (Å²) in [5.41, 5.74) is 1.30. The Kier molecular flexibility index (Phi) is 3.38. The molecule has 4 nitrogen and oxygen atoms in total. The Hall–Kier alpha value is -2.62. The van der Waals surface area contributed by atoms with Gasteiger partial charge in [0, 0.05) is 12.3 Å². The van der Waals surface area contributed by atoms with Gasteiger partial charge in [-0.2, -0.15) is 0 Å². The van der Waals surface area contributed by atoms with Crippen LogP contribution in [-0.4, -0.2) is 22.4 Å². The Morgan fingerprint density at radius 1 is 1.11 bits per heavy atom. The van der Waals surface area contributed by atoms with E-state index in [1.165, 1.54) is 12.1 Å². The Balaban J connectivity index is 2.23. The van der Waals surface area contributed by atoms with Gasteiger partial charge in [0.15, 0.2) is 0 Å². The molecule has 0 aromatic heterocycles. The summed E-state index contributed by atoms with van der Waals surface area (Å²) >= 11 is 0. The number of rotatable bonds is 3. The molecule has 2 rings (SSSR count). The van der Waals surface area contributed by atoms with Crippen molar-refractivity contribution >= 4 is 17.9 Å². The summed E-state index contributed by atoms with van der Waals surface area (Å²) in [7, 11) is 0. The monoisotopic (exact) mass is 241 g/mol. The smallest absolute Gasteiger partial charge is 0.339 e. The largest absolute Gasteiger partial charge is 0.507 e. The molecule has 0 amide bonds. The number of carboxylic acids is 1. The minimum atomic E-state index is -1.16. The van der Waals surface area contributed by atoms with E-state index < -0.39 is 5.97 Å². The van der Waals surface area contributed by atoms with E-state index in [2.05, 4.69) is 4.99 Å². The average molecular weight is 241 g/mol. The standard InChI is InChI=1S/C14H11NO3/c16-13-8-11(6-7-12(13)14(17)18)15-9-10-4-2-1-3-5-10/h1-9,16H,(H,17,18). The number of aromatic hydroxyl groups is 1. The van der Waals surface area contributed by atoms with Gasteiger partial charge in [-0.25, -0.2) is 4.79 Å². The minimum absolute atomic E-state index is 0.131. The molecule has 90 valence electrons. The normalized spacial score (nSPS) is 10.7. The lowest BCUT2D eigenvalue weighted by Crippen LogP contribution is -1.95. The third-order valence-electron chi connectivity index (χ3n) is 2.37. The molecule has 0 fully saturated rings. The first-order valence-electron chi connectivity index (χ1n) is 5.32. The van der Waals surface area contributed by atoms with Crippen LogP contribution in [0.15, 0.2) is 53.5 Å². The molecule has 18 heavy (non-hydrogen) atoms. The quantitative estimate of drug-likeness (QED) is 0.812. The summed E-state index contributed by atoms with van der Waals surface area (Å²) in [6.45, 7) is 0. The third kappa shape index (κ3) is 2.74. The fourth-order valence-electron chi connectivity index (χ4n) is 1.47. The first-order chi connectivity index (χ1) is 8.66. The van der Waals surface area contributed by atoms with Crippen LogP contribution in [0.3, 0.4) is 0 Å². The van der Waals surface area contributed by atoms with Crippen LogP contribution in [0, 0.1) is 0 Å². The zero-order valence-electron chi connectivity index (χ0n) is 9.45. The summed E-state index contributed by atoms with van der Waals surface area (Å²) < 4.78 is 0. The Morgan fingerprint density at radius 2 is 1.83 bits per heavy atom. The topological polar surface area (TPSA) is 69.9 Å². The maximum Gasteiger partial charge on any atom is 0.339 e. The number of aromatic carboxylic acids is 1. The molecule has 0 saturated heterocycles. The van der Waals surface area contributed by atoms with Crippen LogP contribution in [0.1, 0.15) is 15.9 Å². The lowest BCUT2D eigenvalue weighted by Gasteiger charge is -2.00. The Labute approximate surface area is 104 Å². The van der Waals surface area contributed by atoms with Crippen molar-refractivity contribution in [1.82, 2.24) is 0 Å². The van der Waals surface area contributed by atoms with Crippen LogP contribution in [0.25, 0.3) is 0 Å². The summed E-state index contributed by atoms with van der Waals surface area (Å²) in [6.07, 6.45) is 1.65. The van der Waals surface area contributed by atoms with E-state index in [4.69, 9.17) is 5.11 Å². The first kappa shape index (κ1) is 11.9. The van der Waals surface area contributed by atoms with Gasteiger partial charge >= 0.3 is 5.97 Å². The van der Waals surface area contributed by atoms with Crippen molar-refractivity contribution in [3.8, 4) is 5.75 Å². The number of carbonyl (C=O) groups is 1. The molecule has 0 aliphatic carbocycles. The van der Waals surface area contributed by atoms with E-state index in [0.29, 0.717) is 5.69 Å². The summed E-state index contributed by atoms with van der Waals surface area (Å²) in [5.74, 6) is -1.45. The van der Waals surface area contributed by atoms with Gasteiger partial charge in [0.25, 0.3) is 0 Å². The highest BCUT2D eigenvalue weighted by atomic mass is 16.4. The third-order valence-corrected chi connectivity index (χ3v) is 2.37. The van der Waals surface area contributed by atoms with Crippen LogP contribution in [-0.2, 0) is 0 Å². The first-order valence-corrected chi connectivity index (χ1v) is 5.32. The number of nitrogens with zero attached hydrogens (tertiary/aromatic N) is 1. The van der Waals surface area contributed by atoms with Crippen molar-refractivity contribution in [2.75, 3.05) is 0 Å². The molecule has 0 heterocycles. The molecular weight excluding hydrogens is 230 g/mol. The highest BCUT2D eigenvalue weighted by Crippen LogP contribution is 2.23. The van der Waals surface area contributed by atoms with Crippen LogP contribution in [0.4, 0.5) is 5.69 Å². The zero-order valence-corrected chi connectivity index (χ0v) is 9.45. The van der Waals surface area contributed by atoms with Crippen molar-refractivity contribution in [3.05, 3.63) is 59.7 Å². The molecule has 2 aromatic rings. The summed E-state index contributed by atoms with van der Waals surface area (Å²) in [4.78, 5) is 14.9. The van der Waals surface area contributed by atoms with Crippen LogP contribution in [0.5, 0.6) is 5.75 Å². The summed E-state index contributed by atoms with van der Waals surface area (Å²) in [5, 5.41) is 18.3. The molecule has 0 radical (unpaired) electrons. The van der Waals surface area contributed by atoms with Gasteiger partial charge in [0.2, 0.25) is 0 Å². The lowest BCUT2D eigenvalue weighted by atomic mass is 10.2. The van der Waals surface area contributed by atoms with Gasteiger partial charge in [-0.1, -0.05) is 30.3 Å². The van der Waals surface area contributed by atoms with Crippen molar-refractivity contribution in [3.63, 3.8) is 0 Å². The number of phenols is 1. The van der Waals surface area contributed by atoms with Crippen molar-refractivity contribution in [2.45, 2.75) is 0 Å². The maximum absolute atomic E-state index is 10.7. The van der Waals surface area contributed by atoms with Crippen LogP contribution >= 0.6 is 0 Å². The van der Waals surface area contributed by atoms with Crippen LogP contribution < -0.4 is 0 Å². The fourth-order valence-corrected chi connectivity index (χ4v) is 1.47. The molecule has 0 atom stereocenters. The fraction of sp³-hybridized carbons (Fsp3) is 0. The molecule has 0 saturated carbocycles. The highest BCUT2D eigenvalue weighted by molar-refractivity contribution is 5.91. The van der Waals surface area contributed by atoms with Gasteiger partial charge < -0.3 is 10.2 Å². The van der Waals surface area contributed by atoms with Crippen LogP contribution in [0.2, 0.25) is 0 Å². The number of hydrogen-bond acceptors (Lipinski definition) is 3. The van der Waals surface area contributed by atoms with Gasteiger partial charge in [-0.3, -0.25) is 4.99 Å². The predicted molar refractivity (Wildman–Crippen MR) is 68.8 cm³/mol. The molecular formula is C14H11NO3. The van der Waals surface area contributed by atoms with E-state index in [-0.39, 0.29) is 11.3 Å². The number of hydrogen-bond donors (Lipinski definition) is 2. The second-order valence-corrected chi connectivity index (χ2v) is 3.68. The van der Waals surface area contributed by atoms with Gasteiger partial charge in [-0.05, 0) is 17.7 Å². The second-order valence-electron chi connectivity index (χ2n) is 3.68. The molecule has 2 N–H and O–H groups in total. The number of aliphatic imine (C=N–C) groups is 1. The van der Waals surface area contributed by atoms with Gasteiger partial charge in [0.05, 0.1) is 5.69 Å². The molecule has 4 heteroatoms. The molecule has 0 aliphatic heterocycles. The van der Waals surface area contributed by atoms with Gasteiger partial charge in [0.1, 0.15) is 11.3 Å². The minimum Gasteiger partial charge on any atom is -0.507 e. The SMILES string of the molecule is O=C(O)c1ccc(N=Cc2ccccc2)cc1O. The highest BCUT2D eigenvalue weighted by Gasteiger charge is 2.08. The van der Waals surface area contributed by atoms with Crippen molar-refractivity contribution in [2.24, 2.45) is 4.99 Å². The Bertz CT molecular complexity index is 591. The van der Waals surface area contributed by atoms with E-state index in [1.54, 1.807) is 12.3 Å². The van der Waals surface area contributed by atoms with E-state index in [9.17, 15) is 9.90 Å². The molecule has 0 aliphatic rings. The predicted octanol–water partition coefficient (Wildman–Crippen LogP) is 2.84. The maximum atomic E-state index is 10.7. The van der Waals surface area contributed by atoms with Crippen molar-refractivity contribution in [1.29, 1.82) is 0 Å². The molecule has 2 aromatic carbocycles. The molecule has 0 bridgehead atoms. The van der Waals surface area contributed by atoms with E-state index in [1.807, 2.05) is 30.3 Å². The average Bonchev–Trinajstić information content (AvgIpc) is 2.37. The Morgan fingerprint density at radius 3 is 2.44 bits per heavy atom. The zero-order chi connectivity index (χ0) is 13.0. The summed E-state index contributed by atoms with van der Waals surface area (Å²) in [6, 6.07) is 13.7. The van der Waals surface area contributed by atoms with E-state index in [0.717, 1.165) is 5.56 Å². The molecule has 0 unspecified atom stereocenters. The van der Waals surface area contributed by atoms with Crippen molar-refractivity contribution < 1.29 is 15.0 Å².